The molecule has 5 nitrogen and oxygen atoms in total. The van der Waals surface area contributed by atoms with Crippen LogP contribution in [0.5, 0.6) is 5.75 Å². The Hall–Kier alpha value is -2.89. The molecule has 0 N–H and O–H groups in total. The van der Waals surface area contributed by atoms with Crippen molar-refractivity contribution in [2.75, 3.05) is 20.3 Å². The van der Waals surface area contributed by atoms with E-state index in [1.54, 1.807) is 18.2 Å². The molecule has 144 valence electrons. The summed E-state index contributed by atoms with van der Waals surface area (Å²) < 4.78 is 23.3. The van der Waals surface area contributed by atoms with Crippen molar-refractivity contribution >= 4 is 11.9 Å². The Morgan fingerprint density at radius 1 is 1.07 bits per heavy atom. The molecule has 0 saturated carbocycles. The second-order valence-corrected chi connectivity index (χ2v) is 6.06. The van der Waals surface area contributed by atoms with E-state index < -0.39 is 5.97 Å². The highest BCUT2D eigenvalue weighted by Crippen LogP contribution is 2.14. The van der Waals surface area contributed by atoms with Gasteiger partial charge >= 0.3 is 5.97 Å². The van der Waals surface area contributed by atoms with E-state index in [-0.39, 0.29) is 37.8 Å². The molecular weight excluding hydrogens is 349 g/mol. The quantitative estimate of drug-likeness (QED) is 0.633. The Morgan fingerprint density at radius 3 is 2.48 bits per heavy atom. The van der Waals surface area contributed by atoms with Crippen molar-refractivity contribution in [3.05, 3.63) is 65.5 Å². The van der Waals surface area contributed by atoms with Gasteiger partial charge in [-0.25, -0.2) is 4.39 Å². The summed E-state index contributed by atoms with van der Waals surface area (Å²) in [5.41, 5.74) is 1.89. The van der Waals surface area contributed by atoms with Crippen LogP contribution in [0.3, 0.4) is 0 Å². The van der Waals surface area contributed by atoms with Crippen molar-refractivity contribution in [1.82, 2.24) is 4.90 Å². The van der Waals surface area contributed by atoms with E-state index >= 15 is 0 Å². The maximum atomic E-state index is 13.1. The number of ether oxygens (including phenoxy) is 2. The van der Waals surface area contributed by atoms with E-state index in [4.69, 9.17) is 4.74 Å². The molecule has 0 atom stereocenters. The van der Waals surface area contributed by atoms with Gasteiger partial charge < -0.3 is 14.4 Å². The molecule has 27 heavy (non-hydrogen) atoms. The van der Waals surface area contributed by atoms with E-state index in [2.05, 4.69) is 4.74 Å². The molecule has 0 bridgehead atoms. The first-order valence-corrected chi connectivity index (χ1v) is 8.82. The minimum atomic E-state index is -0.400. The Labute approximate surface area is 158 Å². The van der Waals surface area contributed by atoms with E-state index in [9.17, 15) is 14.0 Å². The van der Waals surface area contributed by atoms with Gasteiger partial charge in [-0.15, -0.1) is 0 Å². The topological polar surface area (TPSA) is 55.8 Å². The van der Waals surface area contributed by atoms with Gasteiger partial charge in [0, 0.05) is 13.1 Å². The predicted molar refractivity (Wildman–Crippen MR) is 99.8 cm³/mol. The number of halogens is 1. The van der Waals surface area contributed by atoms with Gasteiger partial charge in [0.05, 0.1) is 13.5 Å². The minimum absolute atomic E-state index is 0.0781. The SMILES string of the molecule is CCc1cccc(OCC(=O)N(CCC(=O)OC)Cc2ccc(F)cc2)c1. The second-order valence-electron chi connectivity index (χ2n) is 6.06. The molecule has 2 aromatic rings. The highest BCUT2D eigenvalue weighted by molar-refractivity contribution is 5.78. The summed E-state index contributed by atoms with van der Waals surface area (Å²) >= 11 is 0. The lowest BCUT2D eigenvalue weighted by atomic mass is 10.2. The fraction of sp³-hybridized carbons (Fsp3) is 0.333. The zero-order chi connectivity index (χ0) is 19.6. The molecule has 0 aliphatic heterocycles. The molecule has 0 fully saturated rings. The third-order valence-electron chi connectivity index (χ3n) is 4.12. The Bertz CT molecular complexity index is 761. The smallest absolute Gasteiger partial charge is 0.307 e. The number of nitrogens with zero attached hydrogens (tertiary/aromatic N) is 1. The number of methoxy groups -OCH3 is 1. The molecule has 0 spiro atoms. The van der Waals surface area contributed by atoms with Gasteiger partial charge in [0.15, 0.2) is 6.61 Å². The largest absolute Gasteiger partial charge is 0.484 e. The van der Waals surface area contributed by atoms with Gasteiger partial charge in [-0.3, -0.25) is 9.59 Å². The summed E-state index contributed by atoms with van der Waals surface area (Å²) in [7, 11) is 1.30. The molecule has 0 heterocycles. The fourth-order valence-electron chi connectivity index (χ4n) is 2.52. The van der Waals surface area contributed by atoms with Crippen molar-refractivity contribution in [2.24, 2.45) is 0 Å². The third-order valence-corrected chi connectivity index (χ3v) is 4.12. The number of rotatable bonds is 9. The molecule has 0 radical (unpaired) electrons. The summed E-state index contributed by atoms with van der Waals surface area (Å²) in [6, 6.07) is 13.5. The van der Waals surface area contributed by atoms with Crippen LogP contribution in [0, 0.1) is 5.82 Å². The van der Waals surface area contributed by atoms with Crippen LogP contribution in [0.15, 0.2) is 48.5 Å². The molecule has 0 aliphatic carbocycles. The minimum Gasteiger partial charge on any atom is -0.484 e. The number of esters is 1. The number of hydrogen-bond donors (Lipinski definition) is 0. The Morgan fingerprint density at radius 2 is 1.81 bits per heavy atom. The molecular formula is C21H24FNO4. The van der Waals surface area contributed by atoms with Gasteiger partial charge in [0.25, 0.3) is 5.91 Å². The van der Waals surface area contributed by atoms with Gasteiger partial charge in [0.2, 0.25) is 0 Å². The van der Waals surface area contributed by atoms with E-state index in [0.717, 1.165) is 17.5 Å². The van der Waals surface area contributed by atoms with Crippen molar-refractivity contribution < 1.29 is 23.5 Å². The van der Waals surface area contributed by atoms with Crippen LogP contribution in [0.1, 0.15) is 24.5 Å². The van der Waals surface area contributed by atoms with Crippen LogP contribution in [-0.4, -0.2) is 37.0 Å². The van der Waals surface area contributed by atoms with Crippen molar-refractivity contribution in [3.8, 4) is 5.75 Å². The maximum Gasteiger partial charge on any atom is 0.307 e. The van der Waals surface area contributed by atoms with Crippen LogP contribution in [-0.2, 0) is 27.3 Å². The number of carbonyl (C=O) groups is 2. The first-order valence-electron chi connectivity index (χ1n) is 8.82. The van der Waals surface area contributed by atoms with E-state index in [1.807, 2.05) is 25.1 Å². The summed E-state index contributed by atoms with van der Waals surface area (Å²) in [6.45, 7) is 2.35. The number of aryl methyl sites for hydroxylation is 1. The molecule has 2 rings (SSSR count). The van der Waals surface area contributed by atoms with Crippen molar-refractivity contribution in [1.29, 1.82) is 0 Å². The van der Waals surface area contributed by atoms with Crippen molar-refractivity contribution in [3.63, 3.8) is 0 Å². The summed E-state index contributed by atoms with van der Waals surface area (Å²) in [6.07, 6.45) is 0.954. The van der Waals surface area contributed by atoms with Crippen LogP contribution >= 0.6 is 0 Å². The summed E-state index contributed by atoms with van der Waals surface area (Å²) in [5, 5.41) is 0. The first-order chi connectivity index (χ1) is 13.0. The van der Waals surface area contributed by atoms with Gasteiger partial charge in [0.1, 0.15) is 11.6 Å². The molecule has 0 aliphatic rings. The second kappa shape index (κ2) is 10.3. The summed E-state index contributed by atoms with van der Waals surface area (Å²) in [5.74, 6) is -0.378. The zero-order valence-corrected chi connectivity index (χ0v) is 15.6. The highest BCUT2D eigenvalue weighted by Gasteiger charge is 2.17. The average Bonchev–Trinajstić information content (AvgIpc) is 2.70. The fourth-order valence-corrected chi connectivity index (χ4v) is 2.52. The van der Waals surface area contributed by atoms with Crippen LogP contribution in [0.4, 0.5) is 4.39 Å². The zero-order valence-electron chi connectivity index (χ0n) is 15.6. The van der Waals surface area contributed by atoms with Crippen LogP contribution in [0.2, 0.25) is 0 Å². The molecule has 2 aromatic carbocycles. The lowest BCUT2D eigenvalue weighted by molar-refractivity contribution is -0.142. The standard InChI is InChI=1S/C21H24FNO4/c1-3-16-5-4-6-19(13-16)27-15-20(24)23(12-11-21(25)26-2)14-17-7-9-18(22)10-8-17/h4-10,13H,3,11-12,14-15H2,1-2H3. The molecule has 6 heteroatoms. The van der Waals surface area contributed by atoms with Crippen LogP contribution < -0.4 is 4.74 Å². The van der Waals surface area contributed by atoms with Gasteiger partial charge in [-0.05, 0) is 41.8 Å². The van der Waals surface area contributed by atoms with E-state index in [1.165, 1.54) is 24.1 Å². The monoisotopic (exact) mass is 373 g/mol. The normalized spacial score (nSPS) is 10.3. The maximum absolute atomic E-state index is 13.1. The summed E-state index contributed by atoms with van der Waals surface area (Å²) in [4.78, 5) is 25.6. The number of hydrogen-bond acceptors (Lipinski definition) is 4. The lowest BCUT2D eigenvalue weighted by Crippen LogP contribution is -2.36. The Kier molecular flexibility index (Phi) is 7.79. The molecule has 0 saturated heterocycles. The third kappa shape index (κ3) is 6.73. The number of benzene rings is 2. The lowest BCUT2D eigenvalue weighted by Gasteiger charge is -2.22. The Balaban J connectivity index is 2.02. The molecule has 0 aromatic heterocycles. The first kappa shape index (κ1) is 20.4. The van der Waals surface area contributed by atoms with Gasteiger partial charge in [-0.1, -0.05) is 31.2 Å². The number of amides is 1. The predicted octanol–water partition coefficient (Wildman–Crippen LogP) is 3.36. The average molecular weight is 373 g/mol. The molecule has 0 unspecified atom stereocenters. The van der Waals surface area contributed by atoms with Gasteiger partial charge in [-0.2, -0.15) is 0 Å². The molecule has 1 amide bonds. The van der Waals surface area contributed by atoms with E-state index in [0.29, 0.717) is 5.75 Å². The highest BCUT2D eigenvalue weighted by atomic mass is 19.1. The van der Waals surface area contributed by atoms with Crippen molar-refractivity contribution in [2.45, 2.75) is 26.3 Å². The number of carbonyl (C=O) groups excluding carboxylic acids is 2. The van der Waals surface area contributed by atoms with Crippen LogP contribution in [0.25, 0.3) is 0 Å².